The van der Waals surface area contributed by atoms with Gasteiger partial charge in [-0.1, -0.05) is 41.9 Å². The summed E-state index contributed by atoms with van der Waals surface area (Å²) >= 11 is 6.18. The van der Waals surface area contributed by atoms with Crippen LogP contribution in [-0.4, -0.2) is 19.3 Å². The van der Waals surface area contributed by atoms with Crippen molar-refractivity contribution < 1.29 is 9.47 Å². The topological polar surface area (TPSA) is 18.5 Å². The minimum Gasteiger partial charge on any atom is -0.491 e. The van der Waals surface area contributed by atoms with Crippen molar-refractivity contribution in [2.24, 2.45) is 0 Å². The van der Waals surface area contributed by atoms with Crippen molar-refractivity contribution in [3.05, 3.63) is 64.7 Å². The van der Waals surface area contributed by atoms with Gasteiger partial charge in [-0.25, -0.2) is 0 Å². The summed E-state index contributed by atoms with van der Waals surface area (Å²) in [5, 5.41) is 0.815. The zero-order chi connectivity index (χ0) is 14.5. The molecule has 0 spiro atoms. The fraction of sp³-hybridized carbons (Fsp3) is 0.333. The smallest absolute Gasteiger partial charge is 0.119 e. The summed E-state index contributed by atoms with van der Waals surface area (Å²) in [6.07, 6.45) is 3.74. The third kappa shape index (κ3) is 4.48. The number of hydrogen-bond donors (Lipinski definition) is 0. The highest BCUT2D eigenvalue weighted by molar-refractivity contribution is 6.31. The van der Waals surface area contributed by atoms with E-state index < -0.39 is 0 Å². The van der Waals surface area contributed by atoms with Crippen molar-refractivity contribution in [1.82, 2.24) is 0 Å². The van der Waals surface area contributed by atoms with Gasteiger partial charge in [-0.15, -0.1) is 0 Å². The summed E-state index contributed by atoms with van der Waals surface area (Å²) in [4.78, 5) is 0. The highest BCUT2D eigenvalue weighted by atomic mass is 35.5. The van der Waals surface area contributed by atoms with Crippen LogP contribution in [-0.2, 0) is 11.2 Å². The summed E-state index contributed by atoms with van der Waals surface area (Å²) in [7, 11) is 0. The summed E-state index contributed by atoms with van der Waals surface area (Å²) in [6.45, 7) is 1.28. The Morgan fingerprint density at radius 2 is 1.71 bits per heavy atom. The second-order valence-corrected chi connectivity index (χ2v) is 5.74. The van der Waals surface area contributed by atoms with E-state index in [-0.39, 0.29) is 0 Å². The Bertz CT molecular complexity index is 576. The Labute approximate surface area is 130 Å². The largest absolute Gasteiger partial charge is 0.491 e. The Morgan fingerprint density at radius 1 is 0.952 bits per heavy atom. The van der Waals surface area contributed by atoms with Gasteiger partial charge < -0.3 is 9.47 Å². The number of rotatable bonds is 7. The van der Waals surface area contributed by atoms with E-state index in [1.54, 1.807) is 0 Å². The van der Waals surface area contributed by atoms with Gasteiger partial charge in [0.15, 0.2) is 0 Å². The standard InChI is InChI=1S/C18H19ClO2/c19-18-4-2-1-3-15(18)13-14-5-7-16(8-6-14)20-11-12-21-17-9-10-17/h1-8,17H,9-13H2. The minimum atomic E-state index is 0.492. The van der Waals surface area contributed by atoms with Gasteiger partial charge >= 0.3 is 0 Å². The molecule has 0 aliphatic heterocycles. The molecule has 0 amide bonds. The molecule has 0 aromatic heterocycles. The lowest BCUT2D eigenvalue weighted by Gasteiger charge is -2.08. The molecule has 1 aliphatic rings. The van der Waals surface area contributed by atoms with Gasteiger partial charge in [0, 0.05) is 5.02 Å². The number of halogens is 1. The predicted octanol–water partition coefficient (Wildman–Crippen LogP) is 4.49. The molecule has 110 valence electrons. The predicted molar refractivity (Wildman–Crippen MR) is 85.2 cm³/mol. The van der Waals surface area contributed by atoms with Crippen LogP contribution in [0.4, 0.5) is 0 Å². The summed E-state index contributed by atoms with van der Waals surface area (Å²) in [5.74, 6) is 0.886. The molecule has 1 saturated carbocycles. The average molecular weight is 303 g/mol. The van der Waals surface area contributed by atoms with Crippen molar-refractivity contribution in [1.29, 1.82) is 0 Å². The Morgan fingerprint density at radius 3 is 2.43 bits per heavy atom. The first-order chi connectivity index (χ1) is 10.3. The highest BCUT2D eigenvalue weighted by Crippen LogP contribution is 2.23. The maximum atomic E-state index is 6.18. The molecular formula is C18H19ClO2. The van der Waals surface area contributed by atoms with E-state index in [1.807, 2.05) is 30.3 Å². The molecule has 0 radical (unpaired) electrons. The minimum absolute atomic E-state index is 0.492. The van der Waals surface area contributed by atoms with Gasteiger partial charge in [0.05, 0.1) is 12.7 Å². The van der Waals surface area contributed by atoms with Gasteiger partial charge in [0.1, 0.15) is 12.4 Å². The first-order valence-electron chi connectivity index (χ1n) is 7.38. The fourth-order valence-corrected chi connectivity index (χ4v) is 2.38. The van der Waals surface area contributed by atoms with Crippen molar-refractivity contribution >= 4 is 11.6 Å². The van der Waals surface area contributed by atoms with Crippen LogP contribution in [0.2, 0.25) is 5.02 Å². The van der Waals surface area contributed by atoms with Crippen molar-refractivity contribution in [2.75, 3.05) is 13.2 Å². The number of hydrogen-bond acceptors (Lipinski definition) is 2. The van der Waals surface area contributed by atoms with Gasteiger partial charge in [-0.05, 0) is 48.6 Å². The molecule has 0 atom stereocenters. The van der Waals surface area contributed by atoms with Crippen molar-refractivity contribution in [3.8, 4) is 5.75 Å². The second-order valence-electron chi connectivity index (χ2n) is 5.33. The average Bonchev–Trinajstić information content (AvgIpc) is 3.32. The molecule has 1 aliphatic carbocycles. The lowest BCUT2D eigenvalue weighted by molar-refractivity contribution is 0.0881. The molecule has 0 bridgehead atoms. The summed E-state index contributed by atoms with van der Waals surface area (Å²) < 4.78 is 11.2. The van der Waals surface area contributed by atoms with Crippen molar-refractivity contribution in [2.45, 2.75) is 25.4 Å². The van der Waals surface area contributed by atoms with E-state index in [1.165, 1.54) is 18.4 Å². The molecule has 0 saturated heterocycles. The van der Waals surface area contributed by atoms with Gasteiger partial charge in [-0.2, -0.15) is 0 Å². The molecule has 2 aromatic rings. The van der Waals surface area contributed by atoms with Gasteiger partial charge in [0.25, 0.3) is 0 Å². The van der Waals surface area contributed by atoms with E-state index in [4.69, 9.17) is 21.1 Å². The van der Waals surface area contributed by atoms with Crippen molar-refractivity contribution in [3.63, 3.8) is 0 Å². The van der Waals surface area contributed by atoms with E-state index >= 15 is 0 Å². The second kappa shape index (κ2) is 6.97. The van der Waals surface area contributed by atoms with E-state index in [9.17, 15) is 0 Å². The Balaban J connectivity index is 1.50. The molecule has 3 rings (SSSR count). The van der Waals surface area contributed by atoms with Crippen LogP contribution < -0.4 is 4.74 Å². The molecule has 2 aromatic carbocycles. The molecular weight excluding hydrogens is 284 g/mol. The Hall–Kier alpha value is -1.51. The first kappa shape index (κ1) is 14.4. The fourth-order valence-electron chi connectivity index (χ4n) is 2.17. The normalized spacial score (nSPS) is 14.1. The van der Waals surface area contributed by atoms with Gasteiger partial charge in [-0.3, -0.25) is 0 Å². The number of ether oxygens (including phenoxy) is 2. The molecule has 1 fully saturated rings. The first-order valence-corrected chi connectivity index (χ1v) is 7.76. The third-order valence-electron chi connectivity index (χ3n) is 3.51. The lowest BCUT2D eigenvalue weighted by Crippen LogP contribution is -2.07. The van der Waals surface area contributed by atoms with Crippen LogP contribution in [0.1, 0.15) is 24.0 Å². The lowest BCUT2D eigenvalue weighted by atomic mass is 10.1. The summed E-state index contributed by atoms with van der Waals surface area (Å²) in [6, 6.07) is 16.1. The van der Waals surface area contributed by atoms with E-state index in [0.717, 1.165) is 22.8 Å². The van der Waals surface area contributed by atoms with Gasteiger partial charge in [0.2, 0.25) is 0 Å². The van der Waals surface area contributed by atoms with Crippen LogP contribution in [0.25, 0.3) is 0 Å². The quantitative estimate of drug-likeness (QED) is 0.702. The monoisotopic (exact) mass is 302 g/mol. The molecule has 3 heteroatoms. The molecule has 21 heavy (non-hydrogen) atoms. The SMILES string of the molecule is Clc1ccccc1Cc1ccc(OCCOC2CC2)cc1. The molecule has 2 nitrogen and oxygen atoms in total. The molecule has 0 heterocycles. The van der Waals surface area contributed by atoms with Crippen LogP contribution in [0, 0.1) is 0 Å². The maximum absolute atomic E-state index is 6.18. The van der Waals surface area contributed by atoms with Crippen LogP contribution in [0.3, 0.4) is 0 Å². The van der Waals surface area contributed by atoms with Crippen LogP contribution in [0.15, 0.2) is 48.5 Å². The number of benzene rings is 2. The molecule has 0 unspecified atom stereocenters. The zero-order valence-electron chi connectivity index (χ0n) is 11.9. The third-order valence-corrected chi connectivity index (χ3v) is 3.87. The zero-order valence-corrected chi connectivity index (χ0v) is 12.7. The maximum Gasteiger partial charge on any atom is 0.119 e. The van der Waals surface area contributed by atoms with E-state index in [2.05, 4.69) is 18.2 Å². The highest BCUT2D eigenvalue weighted by Gasteiger charge is 2.21. The van der Waals surface area contributed by atoms with Crippen LogP contribution >= 0.6 is 11.6 Å². The van der Waals surface area contributed by atoms with Crippen LogP contribution in [0.5, 0.6) is 5.75 Å². The van der Waals surface area contributed by atoms with E-state index in [0.29, 0.717) is 19.3 Å². The molecule has 0 N–H and O–H groups in total. The Kier molecular flexibility index (Phi) is 4.79. The summed E-state index contributed by atoms with van der Waals surface area (Å²) in [5.41, 5.74) is 2.37.